The van der Waals surface area contributed by atoms with E-state index in [4.69, 9.17) is 4.42 Å². The summed E-state index contributed by atoms with van der Waals surface area (Å²) in [4.78, 5) is 30.6. The second kappa shape index (κ2) is 10.1. The molecule has 0 aliphatic carbocycles. The van der Waals surface area contributed by atoms with Crippen molar-refractivity contribution in [1.82, 2.24) is 15.2 Å². The number of carbonyl (C=O) groups excluding carboxylic acids is 2. The number of likely N-dealkylation sites (tertiary alicyclic amines) is 1. The summed E-state index contributed by atoms with van der Waals surface area (Å²) in [6.45, 7) is 0.950. The van der Waals surface area contributed by atoms with Gasteiger partial charge in [0.15, 0.2) is 5.69 Å². The van der Waals surface area contributed by atoms with Crippen molar-refractivity contribution in [1.29, 1.82) is 0 Å². The van der Waals surface area contributed by atoms with Crippen molar-refractivity contribution in [3.63, 3.8) is 0 Å². The predicted molar refractivity (Wildman–Crippen MR) is 119 cm³/mol. The molecule has 2 atom stereocenters. The highest BCUT2D eigenvalue weighted by Crippen LogP contribution is 2.22. The molecule has 0 radical (unpaired) electrons. The zero-order valence-corrected chi connectivity index (χ0v) is 18.3. The number of amides is 2. The fourth-order valence-corrected chi connectivity index (χ4v) is 4.32. The zero-order chi connectivity index (χ0) is 22.5. The van der Waals surface area contributed by atoms with Crippen LogP contribution in [-0.2, 0) is 17.8 Å². The van der Waals surface area contributed by atoms with Gasteiger partial charge in [-0.15, -0.1) is 0 Å². The summed E-state index contributed by atoms with van der Waals surface area (Å²) in [5, 5.41) is 26.1. The Balaban J connectivity index is 1.33. The van der Waals surface area contributed by atoms with E-state index < -0.39 is 6.10 Å². The molecular formula is C23H25N3O5S. The normalized spacial score (nSPS) is 18.5. The molecule has 3 aromatic rings. The second-order valence-electron chi connectivity index (χ2n) is 7.87. The summed E-state index contributed by atoms with van der Waals surface area (Å²) in [6, 6.07) is 9.35. The lowest BCUT2D eigenvalue weighted by Crippen LogP contribution is -2.47. The van der Waals surface area contributed by atoms with E-state index in [0.717, 1.165) is 16.7 Å². The first-order valence-electron chi connectivity index (χ1n) is 10.4. The predicted octanol–water partition coefficient (Wildman–Crippen LogP) is 2.08. The van der Waals surface area contributed by atoms with Crippen molar-refractivity contribution in [2.75, 3.05) is 19.7 Å². The van der Waals surface area contributed by atoms with Gasteiger partial charge in [0.25, 0.3) is 5.91 Å². The number of benzene rings is 1. The van der Waals surface area contributed by atoms with Crippen LogP contribution in [0.15, 0.2) is 51.8 Å². The number of hydrogen-bond acceptors (Lipinski definition) is 7. The molecule has 32 heavy (non-hydrogen) atoms. The van der Waals surface area contributed by atoms with Crippen LogP contribution in [0.4, 0.5) is 0 Å². The minimum absolute atomic E-state index is 0.0310. The van der Waals surface area contributed by atoms with Gasteiger partial charge in [0.1, 0.15) is 6.26 Å². The average Bonchev–Trinajstić information content (AvgIpc) is 3.50. The van der Waals surface area contributed by atoms with E-state index in [1.54, 1.807) is 11.3 Å². The van der Waals surface area contributed by atoms with E-state index >= 15 is 0 Å². The van der Waals surface area contributed by atoms with Gasteiger partial charge in [-0.05, 0) is 46.5 Å². The lowest BCUT2D eigenvalue weighted by Gasteiger charge is -2.34. The van der Waals surface area contributed by atoms with E-state index in [1.165, 1.54) is 11.2 Å². The van der Waals surface area contributed by atoms with Crippen molar-refractivity contribution in [2.24, 2.45) is 5.92 Å². The van der Waals surface area contributed by atoms with Crippen LogP contribution in [0.1, 0.15) is 28.0 Å². The van der Waals surface area contributed by atoms with Crippen molar-refractivity contribution in [3.8, 4) is 11.5 Å². The van der Waals surface area contributed by atoms with Gasteiger partial charge in [0, 0.05) is 37.7 Å². The van der Waals surface area contributed by atoms with Crippen LogP contribution in [0.2, 0.25) is 0 Å². The van der Waals surface area contributed by atoms with Gasteiger partial charge in [-0.3, -0.25) is 9.59 Å². The Hall–Kier alpha value is -3.01. The van der Waals surface area contributed by atoms with E-state index in [-0.39, 0.29) is 36.6 Å². The molecule has 1 aliphatic heterocycles. The number of aliphatic hydroxyl groups is 2. The van der Waals surface area contributed by atoms with Crippen molar-refractivity contribution in [2.45, 2.75) is 25.5 Å². The molecule has 1 aromatic carbocycles. The molecule has 3 heterocycles. The number of thiophene rings is 1. The second-order valence-corrected chi connectivity index (χ2v) is 8.65. The fraction of sp³-hybridized carbons (Fsp3) is 0.348. The summed E-state index contributed by atoms with van der Waals surface area (Å²) in [5.41, 5.74) is 2.84. The number of hydrogen-bond donors (Lipinski definition) is 3. The van der Waals surface area contributed by atoms with E-state index in [9.17, 15) is 19.8 Å². The molecular weight excluding hydrogens is 430 g/mol. The van der Waals surface area contributed by atoms with Gasteiger partial charge < -0.3 is 24.8 Å². The van der Waals surface area contributed by atoms with Crippen LogP contribution in [0.5, 0.6) is 0 Å². The Kier molecular flexibility index (Phi) is 6.99. The molecule has 4 rings (SSSR count). The lowest BCUT2D eigenvalue weighted by atomic mass is 9.94. The Morgan fingerprint density at radius 1 is 1.22 bits per heavy atom. The van der Waals surface area contributed by atoms with Crippen molar-refractivity contribution >= 4 is 23.2 Å². The molecule has 1 saturated heterocycles. The quantitative estimate of drug-likeness (QED) is 0.502. The summed E-state index contributed by atoms with van der Waals surface area (Å²) in [5.74, 6) is -0.213. The first-order chi connectivity index (χ1) is 15.5. The molecule has 2 aromatic heterocycles. The van der Waals surface area contributed by atoms with Gasteiger partial charge in [0.2, 0.25) is 11.8 Å². The number of carbonyl (C=O) groups is 2. The first-order valence-corrected chi connectivity index (χ1v) is 11.4. The Morgan fingerprint density at radius 3 is 2.72 bits per heavy atom. The summed E-state index contributed by atoms with van der Waals surface area (Å²) >= 11 is 1.57. The highest BCUT2D eigenvalue weighted by atomic mass is 32.1. The molecule has 0 saturated carbocycles. The monoisotopic (exact) mass is 455 g/mol. The standard InChI is InChI=1S/C23H25N3O5S/c27-12-18-5-7-26(11-20(18)28)23(30)19-13-31-22(25-19)17-3-1-15(2-4-17)10-24-21(29)9-16-6-8-32-14-16/h1-4,6,8,13-14,18,20,27-28H,5,7,9-12H2,(H,24,29)/t18-,20+/m1/s1. The molecule has 0 spiro atoms. The molecule has 1 aliphatic rings. The molecule has 9 heteroatoms. The highest BCUT2D eigenvalue weighted by Gasteiger charge is 2.31. The summed E-state index contributed by atoms with van der Waals surface area (Å²) < 4.78 is 5.50. The summed E-state index contributed by atoms with van der Waals surface area (Å²) in [7, 11) is 0. The Morgan fingerprint density at radius 2 is 2.03 bits per heavy atom. The van der Waals surface area contributed by atoms with Crippen LogP contribution in [0, 0.1) is 5.92 Å². The van der Waals surface area contributed by atoms with Crippen LogP contribution < -0.4 is 5.32 Å². The lowest BCUT2D eigenvalue weighted by molar-refractivity contribution is -0.120. The number of nitrogens with zero attached hydrogens (tertiary/aromatic N) is 2. The number of rotatable bonds is 7. The maximum Gasteiger partial charge on any atom is 0.275 e. The third kappa shape index (κ3) is 5.24. The van der Waals surface area contributed by atoms with Crippen LogP contribution in [0.3, 0.4) is 0 Å². The van der Waals surface area contributed by atoms with Crippen LogP contribution >= 0.6 is 11.3 Å². The topological polar surface area (TPSA) is 116 Å². The maximum atomic E-state index is 12.7. The molecule has 3 N–H and O–H groups in total. The average molecular weight is 456 g/mol. The fourth-order valence-electron chi connectivity index (χ4n) is 3.65. The minimum atomic E-state index is -0.748. The van der Waals surface area contributed by atoms with Gasteiger partial charge in [-0.25, -0.2) is 4.98 Å². The molecule has 1 fully saturated rings. The Bertz CT molecular complexity index is 1050. The molecule has 0 unspecified atom stereocenters. The minimum Gasteiger partial charge on any atom is -0.444 e. The van der Waals surface area contributed by atoms with E-state index in [2.05, 4.69) is 10.3 Å². The molecule has 0 bridgehead atoms. The number of aromatic nitrogens is 1. The zero-order valence-electron chi connectivity index (χ0n) is 17.4. The first kappa shape index (κ1) is 22.2. The van der Waals surface area contributed by atoms with E-state index in [0.29, 0.717) is 31.8 Å². The van der Waals surface area contributed by atoms with E-state index in [1.807, 2.05) is 41.1 Å². The van der Waals surface area contributed by atoms with Gasteiger partial charge in [-0.2, -0.15) is 11.3 Å². The van der Waals surface area contributed by atoms with Gasteiger partial charge in [-0.1, -0.05) is 12.1 Å². The molecule has 8 nitrogen and oxygen atoms in total. The number of nitrogens with one attached hydrogen (secondary N) is 1. The van der Waals surface area contributed by atoms with Gasteiger partial charge in [0.05, 0.1) is 12.5 Å². The van der Waals surface area contributed by atoms with Crippen molar-refractivity contribution < 1.29 is 24.2 Å². The van der Waals surface area contributed by atoms with Crippen LogP contribution in [0.25, 0.3) is 11.5 Å². The van der Waals surface area contributed by atoms with Crippen LogP contribution in [-0.4, -0.2) is 57.7 Å². The third-order valence-electron chi connectivity index (χ3n) is 5.60. The maximum absolute atomic E-state index is 12.7. The Labute approximate surface area is 189 Å². The number of oxazole rings is 1. The smallest absolute Gasteiger partial charge is 0.275 e. The van der Waals surface area contributed by atoms with Crippen molar-refractivity contribution in [3.05, 3.63) is 64.2 Å². The molecule has 168 valence electrons. The molecule has 2 amide bonds. The summed E-state index contributed by atoms with van der Waals surface area (Å²) in [6.07, 6.45) is 1.48. The number of β-amino-alcohol motifs (C(OH)–C–C–N with tert-alkyl or cyclic N) is 1. The number of piperidine rings is 1. The van der Waals surface area contributed by atoms with Gasteiger partial charge >= 0.3 is 0 Å². The highest BCUT2D eigenvalue weighted by molar-refractivity contribution is 7.08. The third-order valence-corrected chi connectivity index (χ3v) is 6.33. The largest absolute Gasteiger partial charge is 0.444 e. The number of aliphatic hydroxyl groups excluding tert-OH is 2. The SMILES string of the molecule is O=C(Cc1ccsc1)NCc1ccc(-c2nc(C(=O)N3CC[C@H](CO)[C@@H](O)C3)co2)cc1.